The molecule has 1 saturated carbocycles. The first-order valence-electron chi connectivity index (χ1n) is 7.50. The summed E-state index contributed by atoms with van der Waals surface area (Å²) >= 11 is 12.0. The third kappa shape index (κ3) is 4.63. The van der Waals surface area contributed by atoms with Gasteiger partial charge in [0.2, 0.25) is 0 Å². The SMILES string of the molecule is CCC(NCCOC1CCCC1)c1ccc(Cl)c(Cl)c1. The molecule has 2 rings (SSSR count). The fraction of sp³-hybridized carbons (Fsp3) is 0.625. The van der Waals surface area contributed by atoms with E-state index in [0.29, 0.717) is 22.2 Å². The summed E-state index contributed by atoms with van der Waals surface area (Å²) in [7, 11) is 0. The molecule has 0 aromatic heterocycles. The van der Waals surface area contributed by atoms with E-state index in [9.17, 15) is 0 Å². The van der Waals surface area contributed by atoms with Crippen LogP contribution in [0.4, 0.5) is 0 Å². The molecule has 1 aliphatic carbocycles. The minimum absolute atomic E-state index is 0.303. The molecule has 0 heterocycles. The van der Waals surface area contributed by atoms with E-state index in [0.717, 1.165) is 19.6 Å². The topological polar surface area (TPSA) is 21.3 Å². The maximum Gasteiger partial charge on any atom is 0.0595 e. The fourth-order valence-corrected chi connectivity index (χ4v) is 3.05. The lowest BCUT2D eigenvalue weighted by atomic mass is 10.0. The largest absolute Gasteiger partial charge is 0.377 e. The number of hydrogen-bond acceptors (Lipinski definition) is 2. The highest BCUT2D eigenvalue weighted by molar-refractivity contribution is 6.42. The van der Waals surface area contributed by atoms with E-state index in [1.54, 1.807) is 0 Å². The van der Waals surface area contributed by atoms with Crippen LogP contribution in [0.1, 0.15) is 50.6 Å². The highest BCUT2D eigenvalue weighted by atomic mass is 35.5. The van der Waals surface area contributed by atoms with Crippen molar-refractivity contribution in [3.63, 3.8) is 0 Å². The van der Waals surface area contributed by atoms with Gasteiger partial charge in [0.15, 0.2) is 0 Å². The van der Waals surface area contributed by atoms with Gasteiger partial charge in [-0.1, -0.05) is 49.0 Å². The Hall–Kier alpha value is -0.280. The molecule has 1 aromatic carbocycles. The first-order valence-corrected chi connectivity index (χ1v) is 8.26. The van der Waals surface area contributed by atoms with Gasteiger partial charge in [0.05, 0.1) is 22.8 Å². The van der Waals surface area contributed by atoms with Crippen LogP contribution in [0.25, 0.3) is 0 Å². The van der Waals surface area contributed by atoms with Crippen LogP contribution < -0.4 is 5.32 Å². The number of ether oxygens (including phenoxy) is 1. The number of hydrogen-bond donors (Lipinski definition) is 1. The summed E-state index contributed by atoms with van der Waals surface area (Å²) in [5.41, 5.74) is 1.18. The summed E-state index contributed by atoms with van der Waals surface area (Å²) < 4.78 is 5.87. The quantitative estimate of drug-likeness (QED) is 0.715. The molecule has 1 unspecified atom stereocenters. The van der Waals surface area contributed by atoms with Gasteiger partial charge in [-0.15, -0.1) is 0 Å². The predicted octanol–water partition coefficient (Wildman–Crippen LogP) is 4.99. The van der Waals surface area contributed by atoms with Crippen LogP contribution >= 0.6 is 23.2 Å². The number of rotatable bonds is 7. The molecule has 1 fully saturated rings. The van der Waals surface area contributed by atoms with Gasteiger partial charge in [-0.05, 0) is 37.0 Å². The van der Waals surface area contributed by atoms with Crippen LogP contribution in [0, 0.1) is 0 Å². The summed E-state index contributed by atoms with van der Waals surface area (Å²) in [6, 6.07) is 6.14. The molecule has 1 N–H and O–H groups in total. The normalized spacial score (nSPS) is 17.6. The third-order valence-corrected chi connectivity index (χ3v) is 4.64. The lowest BCUT2D eigenvalue weighted by Gasteiger charge is -2.19. The summed E-state index contributed by atoms with van der Waals surface area (Å²) in [5.74, 6) is 0. The van der Waals surface area contributed by atoms with E-state index in [-0.39, 0.29) is 0 Å². The number of benzene rings is 1. The third-order valence-electron chi connectivity index (χ3n) is 3.90. The minimum Gasteiger partial charge on any atom is -0.377 e. The molecule has 0 bridgehead atoms. The molecule has 0 aliphatic heterocycles. The molecule has 1 atom stereocenters. The fourth-order valence-electron chi connectivity index (χ4n) is 2.74. The second-order valence-corrected chi connectivity index (χ2v) is 6.18. The molecular weight excluding hydrogens is 293 g/mol. The lowest BCUT2D eigenvalue weighted by molar-refractivity contribution is 0.0590. The molecule has 112 valence electrons. The van der Waals surface area contributed by atoms with Gasteiger partial charge in [-0.25, -0.2) is 0 Å². The van der Waals surface area contributed by atoms with Crippen molar-refractivity contribution >= 4 is 23.2 Å². The Morgan fingerprint density at radius 2 is 2.00 bits per heavy atom. The number of nitrogens with one attached hydrogen (secondary N) is 1. The van der Waals surface area contributed by atoms with Crippen molar-refractivity contribution in [2.45, 2.75) is 51.2 Å². The van der Waals surface area contributed by atoms with Crippen molar-refractivity contribution in [2.75, 3.05) is 13.2 Å². The molecule has 0 amide bonds. The van der Waals surface area contributed by atoms with Crippen LogP contribution in [0.5, 0.6) is 0 Å². The maximum absolute atomic E-state index is 6.08. The van der Waals surface area contributed by atoms with Crippen LogP contribution in [0.2, 0.25) is 10.0 Å². The molecule has 1 aromatic rings. The Morgan fingerprint density at radius 1 is 1.25 bits per heavy atom. The molecular formula is C16H23Cl2NO. The van der Waals surface area contributed by atoms with Crippen molar-refractivity contribution in [1.82, 2.24) is 5.32 Å². The van der Waals surface area contributed by atoms with Crippen LogP contribution in [0.3, 0.4) is 0 Å². The van der Waals surface area contributed by atoms with Gasteiger partial charge < -0.3 is 10.1 Å². The molecule has 2 nitrogen and oxygen atoms in total. The zero-order valence-electron chi connectivity index (χ0n) is 12.0. The second kappa shape index (κ2) is 8.23. The van der Waals surface area contributed by atoms with Gasteiger partial charge in [0, 0.05) is 12.6 Å². The Balaban J connectivity index is 1.77. The minimum atomic E-state index is 0.303. The van der Waals surface area contributed by atoms with Gasteiger partial charge in [0.25, 0.3) is 0 Å². The van der Waals surface area contributed by atoms with Crippen molar-refractivity contribution < 1.29 is 4.74 Å². The molecule has 0 saturated heterocycles. The molecule has 1 aliphatic rings. The maximum atomic E-state index is 6.08. The Labute approximate surface area is 131 Å². The summed E-state index contributed by atoms with van der Waals surface area (Å²) in [6.07, 6.45) is 6.59. The van der Waals surface area contributed by atoms with Crippen molar-refractivity contribution in [3.8, 4) is 0 Å². The molecule has 4 heteroatoms. The van der Waals surface area contributed by atoms with E-state index in [1.165, 1.54) is 31.2 Å². The van der Waals surface area contributed by atoms with Crippen LogP contribution in [-0.2, 0) is 4.74 Å². The first kappa shape index (κ1) is 16.1. The molecule has 0 radical (unpaired) electrons. The predicted molar refractivity (Wildman–Crippen MR) is 85.7 cm³/mol. The highest BCUT2D eigenvalue weighted by Crippen LogP contribution is 2.27. The van der Waals surface area contributed by atoms with E-state index >= 15 is 0 Å². The van der Waals surface area contributed by atoms with E-state index in [2.05, 4.69) is 12.2 Å². The molecule has 0 spiro atoms. The van der Waals surface area contributed by atoms with E-state index < -0.39 is 0 Å². The summed E-state index contributed by atoms with van der Waals surface area (Å²) in [6.45, 7) is 3.82. The van der Waals surface area contributed by atoms with E-state index in [4.69, 9.17) is 27.9 Å². The Kier molecular flexibility index (Phi) is 6.63. The monoisotopic (exact) mass is 315 g/mol. The van der Waals surface area contributed by atoms with Crippen molar-refractivity contribution in [3.05, 3.63) is 33.8 Å². The van der Waals surface area contributed by atoms with Gasteiger partial charge in [0.1, 0.15) is 0 Å². The molecule has 20 heavy (non-hydrogen) atoms. The van der Waals surface area contributed by atoms with Crippen LogP contribution in [0.15, 0.2) is 18.2 Å². The zero-order chi connectivity index (χ0) is 14.4. The van der Waals surface area contributed by atoms with E-state index in [1.807, 2.05) is 18.2 Å². The highest BCUT2D eigenvalue weighted by Gasteiger charge is 2.15. The van der Waals surface area contributed by atoms with Gasteiger partial charge >= 0.3 is 0 Å². The lowest BCUT2D eigenvalue weighted by Crippen LogP contribution is -2.26. The number of halogens is 2. The average molecular weight is 316 g/mol. The first-order chi connectivity index (χ1) is 9.70. The zero-order valence-corrected chi connectivity index (χ0v) is 13.5. The smallest absolute Gasteiger partial charge is 0.0595 e. The Bertz CT molecular complexity index is 419. The van der Waals surface area contributed by atoms with Crippen LogP contribution in [-0.4, -0.2) is 19.3 Å². The Morgan fingerprint density at radius 3 is 2.65 bits per heavy atom. The van der Waals surface area contributed by atoms with Gasteiger partial charge in [-0.2, -0.15) is 0 Å². The second-order valence-electron chi connectivity index (χ2n) is 5.37. The average Bonchev–Trinajstić information content (AvgIpc) is 2.95. The summed E-state index contributed by atoms with van der Waals surface area (Å²) in [5, 5.41) is 4.75. The summed E-state index contributed by atoms with van der Waals surface area (Å²) in [4.78, 5) is 0. The standard InChI is InChI=1S/C16H23Cl2NO/c1-2-16(12-7-8-14(17)15(18)11-12)19-9-10-20-13-5-3-4-6-13/h7-8,11,13,16,19H,2-6,9-10H2,1H3. The van der Waals surface area contributed by atoms with Crippen molar-refractivity contribution in [1.29, 1.82) is 0 Å². The van der Waals surface area contributed by atoms with Gasteiger partial charge in [-0.3, -0.25) is 0 Å². The van der Waals surface area contributed by atoms with Crippen molar-refractivity contribution in [2.24, 2.45) is 0 Å².